The van der Waals surface area contributed by atoms with E-state index in [1.54, 1.807) is 0 Å². The van der Waals surface area contributed by atoms with Gasteiger partial charge >= 0.3 is 0 Å². The first-order chi connectivity index (χ1) is 8.22. The van der Waals surface area contributed by atoms with Crippen LogP contribution in [0.5, 0.6) is 0 Å². The number of nitrogens with one attached hydrogen (secondary N) is 1. The van der Waals surface area contributed by atoms with E-state index in [0.717, 1.165) is 32.5 Å². The molecule has 2 fully saturated rings. The van der Waals surface area contributed by atoms with Gasteiger partial charge in [0.25, 0.3) is 0 Å². The first-order valence-corrected chi connectivity index (χ1v) is 6.83. The predicted molar refractivity (Wildman–Crippen MR) is 66.6 cm³/mol. The molecule has 3 unspecified atom stereocenters. The molecular weight excluding hydrogens is 216 g/mol. The lowest BCUT2D eigenvalue weighted by Crippen LogP contribution is -2.39. The smallest absolute Gasteiger partial charge is 0.222 e. The van der Waals surface area contributed by atoms with Gasteiger partial charge in [0.05, 0.1) is 12.6 Å². The maximum Gasteiger partial charge on any atom is 0.222 e. The molecule has 2 aliphatic heterocycles. The summed E-state index contributed by atoms with van der Waals surface area (Å²) in [5.74, 6) is 1.35. The van der Waals surface area contributed by atoms with Crippen molar-refractivity contribution >= 4 is 5.91 Å². The maximum absolute atomic E-state index is 12.1. The number of carbonyl (C=O) groups is 1. The molecule has 2 heterocycles. The molecule has 0 aliphatic carbocycles. The van der Waals surface area contributed by atoms with Crippen molar-refractivity contribution in [3.63, 3.8) is 0 Å². The van der Waals surface area contributed by atoms with E-state index in [2.05, 4.69) is 12.2 Å². The fourth-order valence-corrected chi connectivity index (χ4v) is 3.03. The summed E-state index contributed by atoms with van der Waals surface area (Å²) >= 11 is 0. The van der Waals surface area contributed by atoms with Crippen LogP contribution in [-0.2, 0) is 4.79 Å². The molecule has 2 N–H and O–H groups in total. The van der Waals surface area contributed by atoms with Gasteiger partial charge in [-0.15, -0.1) is 0 Å². The van der Waals surface area contributed by atoms with Crippen LogP contribution in [0.3, 0.4) is 0 Å². The number of amides is 1. The molecule has 98 valence electrons. The van der Waals surface area contributed by atoms with Crippen molar-refractivity contribution in [1.82, 2.24) is 10.2 Å². The monoisotopic (exact) mass is 240 g/mol. The molecule has 2 saturated heterocycles. The molecule has 1 amide bonds. The Hall–Kier alpha value is -0.610. The second-order valence-corrected chi connectivity index (χ2v) is 5.50. The highest BCUT2D eigenvalue weighted by Gasteiger charge is 2.33. The molecule has 0 saturated carbocycles. The van der Waals surface area contributed by atoms with Crippen LogP contribution in [0.1, 0.15) is 32.6 Å². The van der Waals surface area contributed by atoms with E-state index in [0.29, 0.717) is 18.3 Å². The van der Waals surface area contributed by atoms with E-state index >= 15 is 0 Å². The molecule has 2 rings (SSSR count). The van der Waals surface area contributed by atoms with E-state index in [4.69, 9.17) is 0 Å². The molecule has 2 aliphatic rings. The summed E-state index contributed by atoms with van der Waals surface area (Å²) in [5, 5.41) is 12.7. The summed E-state index contributed by atoms with van der Waals surface area (Å²) in [4.78, 5) is 14.0. The Morgan fingerprint density at radius 3 is 2.94 bits per heavy atom. The number of likely N-dealkylation sites (tertiary alicyclic amines) is 1. The Morgan fingerprint density at radius 2 is 2.29 bits per heavy atom. The first-order valence-electron chi connectivity index (χ1n) is 6.83. The SMILES string of the molecule is CC1CCN(C(=O)CCC2CCNC2)C1CO. The van der Waals surface area contributed by atoms with Crippen LogP contribution in [0.2, 0.25) is 0 Å². The van der Waals surface area contributed by atoms with Crippen LogP contribution in [0.4, 0.5) is 0 Å². The molecule has 0 bridgehead atoms. The predicted octanol–water partition coefficient (Wildman–Crippen LogP) is 0.605. The van der Waals surface area contributed by atoms with Crippen molar-refractivity contribution in [1.29, 1.82) is 0 Å². The van der Waals surface area contributed by atoms with Crippen molar-refractivity contribution in [2.45, 2.75) is 38.6 Å². The van der Waals surface area contributed by atoms with Crippen LogP contribution in [-0.4, -0.2) is 48.2 Å². The number of carbonyl (C=O) groups excluding carboxylic acids is 1. The minimum absolute atomic E-state index is 0.0594. The molecule has 0 spiro atoms. The molecule has 0 aromatic heterocycles. The molecule has 4 heteroatoms. The van der Waals surface area contributed by atoms with E-state index in [9.17, 15) is 9.90 Å². The summed E-state index contributed by atoms with van der Waals surface area (Å²) in [6.07, 6.45) is 3.87. The highest BCUT2D eigenvalue weighted by molar-refractivity contribution is 5.76. The summed E-state index contributed by atoms with van der Waals surface area (Å²) in [6, 6.07) is 0.0594. The quantitative estimate of drug-likeness (QED) is 0.757. The Balaban J connectivity index is 1.78. The molecule has 3 atom stereocenters. The highest BCUT2D eigenvalue weighted by atomic mass is 16.3. The van der Waals surface area contributed by atoms with Gasteiger partial charge < -0.3 is 15.3 Å². The largest absolute Gasteiger partial charge is 0.394 e. The van der Waals surface area contributed by atoms with Gasteiger partial charge in [0.1, 0.15) is 0 Å². The second-order valence-electron chi connectivity index (χ2n) is 5.50. The summed E-state index contributed by atoms with van der Waals surface area (Å²) in [7, 11) is 0. The number of rotatable bonds is 4. The van der Waals surface area contributed by atoms with Crippen LogP contribution in [0.15, 0.2) is 0 Å². The van der Waals surface area contributed by atoms with Crippen LogP contribution >= 0.6 is 0 Å². The van der Waals surface area contributed by atoms with Crippen LogP contribution in [0.25, 0.3) is 0 Å². The fourth-order valence-electron chi connectivity index (χ4n) is 3.03. The standard InChI is InChI=1S/C13H24N2O2/c1-10-5-7-15(12(10)9-16)13(17)3-2-11-4-6-14-8-11/h10-12,14,16H,2-9H2,1H3. The van der Waals surface area contributed by atoms with Crippen molar-refractivity contribution in [3.8, 4) is 0 Å². The zero-order valence-electron chi connectivity index (χ0n) is 10.7. The maximum atomic E-state index is 12.1. The molecule has 17 heavy (non-hydrogen) atoms. The Bertz CT molecular complexity index is 264. The zero-order chi connectivity index (χ0) is 12.3. The van der Waals surface area contributed by atoms with Crippen molar-refractivity contribution < 1.29 is 9.90 Å². The lowest BCUT2D eigenvalue weighted by Gasteiger charge is -2.25. The van der Waals surface area contributed by atoms with Crippen molar-refractivity contribution in [3.05, 3.63) is 0 Å². The van der Waals surface area contributed by atoms with Gasteiger partial charge in [0, 0.05) is 13.0 Å². The van der Waals surface area contributed by atoms with E-state index in [1.165, 1.54) is 6.42 Å². The normalized spacial score (nSPS) is 33.3. The Morgan fingerprint density at radius 1 is 1.47 bits per heavy atom. The summed E-state index contributed by atoms with van der Waals surface area (Å²) in [5.41, 5.74) is 0. The lowest BCUT2D eigenvalue weighted by molar-refractivity contribution is -0.133. The lowest BCUT2D eigenvalue weighted by atomic mass is 10.0. The minimum Gasteiger partial charge on any atom is -0.394 e. The molecule has 0 aromatic rings. The van der Waals surface area contributed by atoms with E-state index in [1.807, 2.05) is 4.90 Å². The van der Waals surface area contributed by atoms with Gasteiger partial charge in [-0.3, -0.25) is 4.79 Å². The third kappa shape index (κ3) is 2.99. The zero-order valence-corrected chi connectivity index (χ0v) is 10.7. The van der Waals surface area contributed by atoms with Gasteiger partial charge in [-0.1, -0.05) is 6.92 Å². The second kappa shape index (κ2) is 5.83. The van der Waals surface area contributed by atoms with Gasteiger partial charge in [-0.25, -0.2) is 0 Å². The number of hydrogen-bond acceptors (Lipinski definition) is 3. The minimum atomic E-state index is 0.0594. The number of aliphatic hydroxyl groups is 1. The van der Waals surface area contributed by atoms with E-state index in [-0.39, 0.29) is 18.6 Å². The molecule has 0 aromatic carbocycles. The van der Waals surface area contributed by atoms with Crippen LogP contribution in [0, 0.1) is 11.8 Å². The summed E-state index contributed by atoms with van der Waals surface area (Å²) in [6.45, 7) is 5.22. The van der Waals surface area contributed by atoms with Crippen molar-refractivity contribution in [2.24, 2.45) is 11.8 Å². The third-order valence-corrected chi connectivity index (χ3v) is 4.32. The Kier molecular flexibility index (Phi) is 4.40. The van der Waals surface area contributed by atoms with Crippen LogP contribution < -0.4 is 5.32 Å². The van der Waals surface area contributed by atoms with E-state index < -0.39 is 0 Å². The van der Waals surface area contributed by atoms with Gasteiger partial charge in [-0.05, 0) is 44.2 Å². The first kappa shape index (κ1) is 12.8. The number of hydrogen-bond donors (Lipinski definition) is 2. The topological polar surface area (TPSA) is 52.6 Å². The highest BCUT2D eigenvalue weighted by Crippen LogP contribution is 2.25. The number of aliphatic hydroxyl groups excluding tert-OH is 1. The number of nitrogens with zero attached hydrogens (tertiary/aromatic N) is 1. The molecular formula is C13H24N2O2. The molecule has 4 nitrogen and oxygen atoms in total. The van der Waals surface area contributed by atoms with Gasteiger partial charge in [-0.2, -0.15) is 0 Å². The Labute approximate surface area is 103 Å². The third-order valence-electron chi connectivity index (χ3n) is 4.32. The summed E-state index contributed by atoms with van der Waals surface area (Å²) < 4.78 is 0. The average Bonchev–Trinajstić information content (AvgIpc) is 2.94. The van der Waals surface area contributed by atoms with Crippen molar-refractivity contribution in [2.75, 3.05) is 26.2 Å². The average molecular weight is 240 g/mol. The van der Waals surface area contributed by atoms with Gasteiger partial charge in [0.15, 0.2) is 0 Å². The fraction of sp³-hybridized carbons (Fsp3) is 0.923. The molecule has 0 radical (unpaired) electrons. The van der Waals surface area contributed by atoms with Gasteiger partial charge in [0.2, 0.25) is 5.91 Å².